The van der Waals surface area contributed by atoms with E-state index in [0.29, 0.717) is 58.6 Å². The number of nitrogens with one attached hydrogen (secondary N) is 2. The van der Waals surface area contributed by atoms with Gasteiger partial charge in [-0.1, -0.05) is 23.2 Å². The fourth-order valence-electron chi connectivity index (χ4n) is 4.84. The number of rotatable bonds is 9. The van der Waals surface area contributed by atoms with Crippen LogP contribution in [0.25, 0.3) is 16.2 Å². The van der Waals surface area contributed by atoms with Crippen LogP contribution >= 0.6 is 34.5 Å². The lowest BCUT2D eigenvalue weighted by Gasteiger charge is -2.32. The van der Waals surface area contributed by atoms with Crippen LogP contribution in [-0.2, 0) is 14.4 Å². The molecule has 0 spiro atoms. The number of hydrogen-bond donors (Lipinski definition) is 3. The summed E-state index contributed by atoms with van der Waals surface area (Å²) in [6, 6.07) is 8.29. The van der Waals surface area contributed by atoms with Gasteiger partial charge in [0.05, 0.1) is 27.1 Å². The van der Waals surface area contributed by atoms with Crippen LogP contribution < -0.4 is 20.1 Å². The second-order valence-electron chi connectivity index (χ2n) is 9.95. The summed E-state index contributed by atoms with van der Waals surface area (Å²) < 4.78 is 11.4. The Morgan fingerprint density at radius 1 is 1.07 bits per heavy atom. The SMILES string of the molecule is O=C(O)CC(CNC(=O)c1ccc2c(c1)OCO2)C(=O)NC1CCN(C(=O)/C=C/c2cc3ccsc3c(Cl)c2Cl)CC1. The number of nitrogens with zero attached hydrogens (tertiary/aromatic N) is 1. The standard InChI is InChI=1S/C29H27Cl2N3O7S/c30-25-16(11-17-7-10-42-27(17)26(25)31)2-4-23(35)34-8-5-20(6-9-34)33-29(39)19(13-24(36)37)14-32-28(38)18-1-3-21-22(12-18)41-15-40-21/h1-4,7,10-12,19-20H,5-6,8-9,13-15H2,(H,32,38)(H,33,39)(H,36,37)/b4-2+. The predicted molar refractivity (Wildman–Crippen MR) is 159 cm³/mol. The largest absolute Gasteiger partial charge is 0.481 e. The van der Waals surface area contributed by atoms with E-state index >= 15 is 0 Å². The van der Waals surface area contributed by atoms with Gasteiger partial charge in [-0.25, -0.2) is 0 Å². The number of benzene rings is 2. The minimum Gasteiger partial charge on any atom is -0.481 e. The number of thiophene rings is 1. The third kappa shape index (κ3) is 6.80. The highest BCUT2D eigenvalue weighted by molar-refractivity contribution is 7.18. The lowest BCUT2D eigenvalue weighted by atomic mass is 10.0. The van der Waals surface area contributed by atoms with Crippen molar-refractivity contribution in [1.82, 2.24) is 15.5 Å². The van der Waals surface area contributed by atoms with Gasteiger partial charge < -0.3 is 30.1 Å². The number of carboxylic acids is 1. The van der Waals surface area contributed by atoms with Crippen LogP contribution in [0.5, 0.6) is 11.5 Å². The molecular weight excluding hydrogens is 605 g/mol. The van der Waals surface area contributed by atoms with E-state index in [2.05, 4.69) is 10.6 Å². The number of hydrogen-bond acceptors (Lipinski definition) is 7. The molecular formula is C29H27Cl2N3O7S. The molecule has 2 aliphatic heterocycles. The molecule has 3 heterocycles. The molecule has 1 aromatic heterocycles. The summed E-state index contributed by atoms with van der Waals surface area (Å²) in [4.78, 5) is 51.5. The molecule has 3 N–H and O–H groups in total. The van der Waals surface area contributed by atoms with Gasteiger partial charge in [0.15, 0.2) is 11.5 Å². The molecule has 0 radical (unpaired) electrons. The highest BCUT2D eigenvalue weighted by atomic mass is 35.5. The first-order chi connectivity index (χ1) is 20.2. The third-order valence-corrected chi connectivity index (χ3v) is 9.09. The molecule has 3 aromatic rings. The van der Waals surface area contributed by atoms with Crippen LogP contribution in [0.4, 0.5) is 0 Å². The maximum Gasteiger partial charge on any atom is 0.304 e. The number of carboxylic acid groups (broad SMARTS) is 1. The zero-order chi connectivity index (χ0) is 29.8. The molecule has 2 aromatic carbocycles. The zero-order valence-corrected chi connectivity index (χ0v) is 24.6. The van der Waals surface area contributed by atoms with Crippen molar-refractivity contribution in [3.63, 3.8) is 0 Å². The molecule has 5 rings (SSSR count). The third-order valence-electron chi connectivity index (χ3n) is 7.15. The number of carbonyl (C=O) groups excluding carboxylic acids is 3. The average molecular weight is 633 g/mol. The van der Waals surface area contributed by atoms with E-state index in [-0.39, 0.29) is 25.3 Å². The van der Waals surface area contributed by atoms with E-state index < -0.39 is 30.1 Å². The molecule has 1 saturated heterocycles. The van der Waals surface area contributed by atoms with E-state index in [9.17, 15) is 24.3 Å². The molecule has 42 heavy (non-hydrogen) atoms. The van der Waals surface area contributed by atoms with Crippen molar-refractivity contribution < 1.29 is 33.8 Å². The number of fused-ring (bicyclic) bond motifs is 2. The molecule has 2 aliphatic rings. The van der Waals surface area contributed by atoms with Gasteiger partial charge in [-0.15, -0.1) is 11.3 Å². The van der Waals surface area contributed by atoms with E-state index in [4.69, 9.17) is 32.7 Å². The highest BCUT2D eigenvalue weighted by Crippen LogP contribution is 2.37. The lowest BCUT2D eigenvalue weighted by molar-refractivity contribution is -0.141. The number of carbonyl (C=O) groups is 4. The number of amides is 3. The predicted octanol–water partition coefficient (Wildman–Crippen LogP) is 4.58. The van der Waals surface area contributed by atoms with Crippen molar-refractivity contribution in [1.29, 1.82) is 0 Å². The summed E-state index contributed by atoms with van der Waals surface area (Å²) in [5.41, 5.74) is 0.954. The normalized spacial score (nSPS) is 15.6. The molecule has 3 amide bonds. The number of piperidine rings is 1. The zero-order valence-electron chi connectivity index (χ0n) is 22.2. The summed E-state index contributed by atoms with van der Waals surface area (Å²) in [5, 5.41) is 18.6. The van der Waals surface area contributed by atoms with Crippen molar-refractivity contribution in [3.05, 3.63) is 63.0 Å². The van der Waals surface area contributed by atoms with Gasteiger partial charge in [0.1, 0.15) is 0 Å². The van der Waals surface area contributed by atoms with E-state index in [0.717, 1.165) is 10.1 Å². The van der Waals surface area contributed by atoms with Gasteiger partial charge in [-0.3, -0.25) is 19.2 Å². The summed E-state index contributed by atoms with van der Waals surface area (Å²) >= 11 is 14.3. The number of likely N-dealkylation sites (tertiary alicyclic amines) is 1. The maximum atomic E-state index is 13.0. The monoisotopic (exact) mass is 631 g/mol. The Labute approximate surface area is 255 Å². The summed E-state index contributed by atoms with van der Waals surface area (Å²) in [5.74, 6) is -2.27. The van der Waals surface area contributed by atoms with Crippen molar-refractivity contribution >= 4 is 74.4 Å². The van der Waals surface area contributed by atoms with Gasteiger partial charge in [-0.2, -0.15) is 0 Å². The van der Waals surface area contributed by atoms with Crippen LogP contribution in [0.15, 0.2) is 41.8 Å². The molecule has 10 nitrogen and oxygen atoms in total. The van der Waals surface area contributed by atoms with Crippen LogP contribution in [0.2, 0.25) is 10.0 Å². The Hall–Kier alpha value is -3.80. The van der Waals surface area contributed by atoms with Gasteiger partial charge in [0, 0.05) is 37.3 Å². The van der Waals surface area contributed by atoms with Gasteiger partial charge in [-0.05, 0) is 65.6 Å². The summed E-state index contributed by atoms with van der Waals surface area (Å²) in [6.45, 7) is 0.742. The number of ether oxygens (including phenoxy) is 2. The molecule has 0 bridgehead atoms. The van der Waals surface area contributed by atoms with Gasteiger partial charge >= 0.3 is 5.97 Å². The Bertz CT molecular complexity index is 1570. The summed E-state index contributed by atoms with van der Waals surface area (Å²) in [6.07, 6.45) is 3.67. The highest BCUT2D eigenvalue weighted by Gasteiger charge is 2.28. The Morgan fingerprint density at radius 3 is 2.60 bits per heavy atom. The first kappa shape index (κ1) is 29.7. The molecule has 1 unspecified atom stereocenters. The fraction of sp³-hybridized carbons (Fsp3) is 0.310. The van der Waals surface area contributed by atoms with E-state index in [1.807, 2.05) is 17.5 Å². The minimum atomic E-state index is -1.15. The van der Waals surface area contributed by atoms with Crippen molar-refractivity contribution in [3.8, 4) is 11.5 Å². The Balaban J connectivity index is 1.12. The molecule has 220 valence electrons. The number of aliphatic carboxylic acids is 1. The molecule has 13 heteroatoms. The van der Waals surface area contributed by atoms with Crippen molar-refractivity contribution in [2.45, 2.75) is 25.3 Å². The van der Waals surface area contributed by atoms with Gasteiger partial charge in [0.25, 0.3) is 5.91 Å². The van der Waals surface area contributed by atoms with Crippen LogP contribution in [0, 0.1) is 5.92 Å². The van der Waals surface area contributed by atoms with Crippen LogP contribution in [0.3, 0.4) is 0 Å². The molecule has 0 saturated carbocycles. The van der Waals surface area contributed by atoms with Gasteiger partial charge in [0.2, 0.25) is 18.6 Å². The van der Waals surface area contributed by atoms with E-state index in [1.165, 1.54) is 23.5 Å². The Kier molecular flexibility index (Phi) is 9.20. The average Bonchev–Trinajstić information content (AvgIpc) is 3.65. The molecule has 1 atom stereocenters. The maximum absolute atomic E-state index is 13.0. The van der Waals surface area contributed by atoms with E-state index in [1.54, 1.807) is 23.1 Å². The Morgan fingerprint density at radius 2 is 1.83 bits per heavy atom. The van der Waals surface area contributed by atoms with Crippen molar-refractivity contribution in [2.24, 2.45) is 5.92 Å². The van der Waals surface area contributed by atoms with Crippen LogP contribution in [-0.4, -0.2) is 66.2 Å². The molecule has 1 fully saturated rings. The fourth-order valence-corrected chi connectivity index (χ4v) is 6.28. The second-order valence-corrected chi connectivity index (χ2v) is 11.6. The molecule has 0 aliphatic carbocycles. The summed E-state index contributed by atoms with van der Waals surface area (Å²) in [7, 11) is 0. The first-order valence-corrected chi connectivity index (χ1v) is 14.9. The lowest BCUT2D eigenvalue weighted by Crippen LogP contribution is -2.49. The number of halogens is 2. The minimum absolute atomic E-state index is 0.0712. The van der Waals surface area contributed by atoms with Crippen molar-refractivity contribution in [2.75, 3.05) is 26.4 Å². The smallest absolute Gasteiger partial charge is 0.304 e. The first-order valence-electron chi connectivity index (χ1n) is 13.2. The second kappa shape index (κ2) is 13.0. The van der Waals surface area contributed by atoms with Crippen LogP contribution in [0.1, 0.15) is 35.2 Å². The topological polar surface area (TPSA) is 134 Å². The quantitative estimate of drug-likeness (QED) is 0.294.